The minimum Gasteiger partial charge on any atom is -0.478 e. The lowest BCUT2D eigenvalue weighted by Gasteiger charge is -2.09. The van der Waals surface area contributed by atoms with Crippen LogP contribution in [-0.4, -0.2) is 11.1 Å². The Bertz CT molecular complexity index is 596. The Hall–Kier alpha value is -1.33. The molecule has 1 aromatic rings. The van der Waals surface area contributed by atoms with Gasteiger partial charge in [0, 0.05) is 13.3 Å². The van der Waals surface area contributed by atoms with E-state index in [9.17, 15) is 4.79 Å². The number of nitriles is 2. The number of hydrogen-bond acceptors (Lipinski definition) is 4. The van der Waals surface area contributed by atoms with Gasteiger partial charge in [0.05, 0.1) is 11.3 Å². The quantitative estimate of drug-likeness (QED) is 0.529. The number of rotatable bonds is 3. The molecule has 5 nitrogen and oxygen atoms in total. The van der Waals surface area contributed by atoms with Gasteiger partial charge in [-0.05, 0) is 57.3 Å². The third-order valence-corrected chi connectivity index (χ3v) is 3.36. The molecule has 1 aromatic carbocycles. The Morgan fingerprint density at radius 1 is 1.33 bits per heavy atom. The summed E-state index contributed by atoms with van der Waals surface area (Å²) in [6.45, 7) is 0. The molecule has 0 aliphatic rings. The molecule has 0 saturated heterocycles. The third-order valence-electron chi connectivity index (χ3n) is 1.89. The van der Waals surface area contributed by atoms with Gasteiger partial charge in [0.25, 0.3) is 0 Å². The second-order valence-corrected chi connectivity index (χ2v) is 5.45. The number of halogens is 2. The van der Waals surface area contributed by atoms with E-state index in [2.05, 4.69) is 5.32 Å². The highest BCUT2D eigenvalue weighted by Gasteiger charge is 2.13. The summed E-state index contributed by atoms with van der Waals surface area (Å²) < 4.78 is 1.49. The summed E-state index contributed by atoms with van der Waals surface area (Å²) in [7, 11) is 0. The number of nitrogens with one attached hydrogen (secondary N) is 1. The number of anilines is 1. The molecule has 0 aliphatic carbocycles. The van der Waals surface area contributed by atoms with Gasteiger partial charge in [-0.25, -0.2) is 4.79 Å². The van der Waals surface area contributed by atoms with Crippen molar-refractivity contribution >= 4 is 56.8 Å². The van der Waals surface area contributed by atoms with Crippen molar-refractivity contribution < 1.29 is 9.90 Å². The molecule has 0 bridgehead atoms. The maximum atomic E-state index is 11.1. The molecular formula is C11H5I2N3O2. The lowest BCUT2D eigenvalue weighted by atomic mass is 10.2. The molecule has 7 heteroatoms. The van der Waals surface area contributed by atoms with Crippen LogP contribution in [0.2, 0.25) is 0 Å². The van der Waals surface area contributed by atoms with Crippen LogP contribution in [0, 0.1) is 29.8 Å². The Labute approximate surface area is 130 Å². The van der Waals surface area contributed by atoms with Gasteiger partial charge < -0.3 is 10.4 Å². The van der Waals surface area contributed by atoms with E-state index in [1.165, 1.54) is 12.3 Å². The Kier molecular flexibility index (Phi) is 5.37. The number of carboxylic acids is 1. The maximum Gasteiger partial charge on any atom is 0.337 e. The van der Waals surface area contributed by atoms with E-state index in [0.29, 0.717) is 9.26 Å². The number of hydrogen-bond donors (Lipinski definition) is 2. The van der Waals surface area contributed by atoms with Crippen molar-refractivity contribution in [3.63, 3.8) is 0 Å². The molecule has 0 radical (unpaired) electrons. The summed E-state index contributed by atoms with van der Waals surface area (Å²) in [6, 6.07) is 6.68. The topological polar surface area (TPSA) is 96.9 Å². The van der Waals surface area contributed by atoms with Crippen molar-refractivity contribution in [1.29, 1.82) is 10.5 Å². The first-order valence-electron chi connectivity index (χ1n) is 4.48. The minimum absolute atomic E-state index is 0.0952. The molecule has 0 amide bonds. The molecule has 90 valence electrons. The van der Waals surface area contributed by atoms with Gasteiger partial charge in [-0.2, -0.15) is 10.5 Å². The van der Waals surface area contributed by atoms with Crippen LogP contribution < -0.4 is 5.32 Å². The van der Waals surface area contributed by atoms with Crippen LogP contribution in [0.5, 0.6) is 0 Å². The average Bonchev–Trinajstić information content (AvgIpc) is 2.31. The maximum absolute atomic E-state index is 11.1. The van der Waals surface area contributed by atoms with Crippen LogP contribution in [0.3, 0.4) is 0 Å². The molecule has 0 fully saturated rings. The molecule has 0 spiro atoms. The second-order valence-electron chi connectivity index (χ2n) is 3.04. The lowest BCUT2D eigenvalue weighted by Crippen LogP contribution is -2.05. The number of carboxylic acid groups (broad SMARTS) is 1. The zero-order valence-corrected chi connectivity index (χ0v) is 13.1. The fraction of sp³-hybridized carbons (Fsp3) is 0. The average molecular weight is 465 g/mol. The molecule has 1 rings (SSSR count). The van der Waals surface area contributed by atoms with E-state index in [1.54, 1.807) is 18.2 Å². The molecular weight excluding hydrogens is 460 g/mol. The predicted molar refractivity (Wildman–Crippen MR) is 81.8 cm³/mol. The van der Waals surface area contributed by atoms with Crippen LogP contribution in [0.4, 0.5) is 5.69 Å². The molecule has 2 N–H and O–H groups in total. The normalized spacial score (nSPS) is 8.89. The molecule has 0 atom stereocenters. The van der Waals surface area contributed by atoms with Gasteiger partial charge >= 0.3 is 5.97 Å². The highest BCUT2D eigenvalue weighted by molar-refractivity contribution is 14.1. The van der Waals surface area contributed by atoms with Crippen LogP contribution >= 0.6 is 45.2 Å². The third kappa shape index (κ3) is 3.58. The number of nitrogens with zero attached hydrogens (tertiary/aromatic N) is 2. The number of allylic oxidation sites excluding steroid dienone is 1. The first-order chi connectivity index (χ1) is 8.49. The summed E-state index contributed by atoms with van der Waals surface area (Å²) in [4.78, 5) is 11.1. The van der Waals surface area contributed by atoms with Gasteiger partial charge in [-0.1, -0.05) is 0 Å². The van der Waals surface area contributed by atoms with E-state index in [0.717, 1.165) is 3.57 Å². The highest BCUT2D eigenvalue weighted by atomic mass is 127. The van der Waals surface area contributed by atoms with Crippen molar-refractivity contribution in [3.05, 3.63) is 36.6 Å². The van der Waals surface area contributed by atoms with E-state index in [-0.39, 0.29) is 11.1 Å². The smallest absolute Gasteiger partial charge is 0.337 e. The van der Waals surface area contributed by atoms with Gasteiger partial charge in [0.2, 0.25) is 0 Å². The van der Waals surface area contributed by atoms with Gasteiger partial charge in [0.1, 0.15) is 17.7 Å². The zero-order chi connectivity index (χ0) is 13.7. The van der Waals surface area contributed by atoms with Crippen molar-refractivity contribution in [2.75, 3.05) is 5.32 Å². The van der Waals surface area contributed by atoms with E-state index < -0.39 is 5.97 Å². The minimum atomic E-state index is -1.07. The Morgan fingerprint density at radius 2 is 1.94 bits per heavy atom. The van der Waals surface area contributed by atoms with Gasteiger partial charge in [-0.3, -0.25) is 0 Å². The second kappa shape index (κ2) is 6.56. The first kappa shape index (κ1) is 14.7. The van der Waals surface area contributed by atoms with Crippen LogP contribution in [0.25, 0.3) is 0 Å². The van der Waals surface area contributed by atoms with Crippen molar-refractivity contribution in [2.45, 2.75) is 0 Å². The Balaban J connectivity index is 3.26. The van der Waals surface area contributed by atoms with Crippen molar-refractivity contribution in [2.24, 2.45) is 0 Å². The fourth-order valence-electron chi connectivity index (χ4n) is 1.12. The number of aromatic carboxylic acids is 1. The summed E-state index contributed by atoms with van der Waals surface area (Å²) in [5, 5.41) is 29.0. The summed E-state index contributed by atoms with van der Waals surface area (Å²) >= 11 is 4.01. The van der Waals surface area contributed by atoms with Crippen LogP contribution in [0.1, 0.15) is 10.4 Å². The van der Waals surface area contributed by atoms with Crippen LogP contribution in [-0.2, 0) is 0 Å². The number of carbonyl (C=O) groups is 1. The SMILES string of the molecule is N#CC(C#N)=CNc1c(I)cc(I)cc1C(=O)O. The first-order valence-corrected chi connectivity index (χ1v) is 6.64. The van der Waals surface area contributed by atoms with Crippen molar-refractivity contribution in [3.8, 4) is 12.1 Å². The van der Waals surface area contributed by atoms with E-state index in [4.69, 9.17) is 15.6 Å². The largest absolute Gasteiger partial charge is 0.478 e. The summed E-state index contributed by atoms with van der Waals surface area (Å²) in [5.41, 5.74) is 0.338. The van der Waals surface area contributed by atoms with Gasteiger partial charge in [0.15, 0.2) is 0 Å². The molecule has 0 unspecified atom stereocenters. The van der Waals surface area contributed by atoms with E-state index in [1.807, 2.05) is 45.2 Å². The summed E-state index contributed by atoms with van der Waals surface area (Å²) in [5.74, 6) is -1.07. The van der Waals surface area contributed by atoms with Crippen LogP contribution in [0.15, 0.2) is 23.9 Å². The molecule has 18 heavy (non-hydrogen) atoms. The highest BCUT2D eigenvalue weighted by Crippen LogP contribution is 2.26. The molecule has 0 aliphatic heterocycles. The molecule has 0 heterocycles. The molecule has 0 aromatic heterocycles. The van der Waals surface area contributed by atoms with Gasteiger partial charge in [-0.15, -0.1) is 0 Å². The standard InChI is InChI=1S/C11H5I2N3O2/c12-7-1-8(11(17)18)10(9(13)2-7)16-5-6(3-14)4-15/h1-2,5,16H,(H,17,18). The lowest BCUT2D eigenvalue weighted by molar-refractivity contribution is 0.0698. The monoisotopic (exact) mass is 465 g/mol. The van der Waals surface area contributed by atoms with E-state index >= 15 is 0 Å². The van der Waals surface area contributed by atoms with Crippen molar-refractivity contribution in [1.82, 2.24) is 0 Å². The predicted octanol–water partition coefficient (Wildman–Crippen LogP) is 2.94. The fourth-order valence-corrected chi connectivity index (χ4v) is 3.12. The Morgan fingerprint density at radius 3 is 2.44 bits per heavy atom. The molecule has 0 saturated carbocycles. The zero-order valence-electron chi connectivity index (χ0n) is 8.74. The summed E-state index contributed by atoms with van der Waals surface area (Å²) in [6.07, 6.45) is 1.19. The number of benzene rings is 1.